The highest BCUT2D eigenvalue weighted by molar-refractivity contribution is 9.10. The number of hydrogen-bond donors (Lipinski definition) is 2. The van der Waals surface area contributed by atoms with Gasteiger partial charge in [0.2, 0.25) is 5.91 Å². The van der Waals surface area contributed by atoms with E-state index in [1.807, 2.05) is 37.3 Å². The van der Waals surface area contributed by atoms with Crippen LogP contribution in [0.3, 0.4) is 0 Å². The van der Waals surface area contributed by atoms with E-state index in [2.05, 4.69) is 31.5 Å². The van der Waals surface area contributed by atoms with Crippen molar-refractivity contribution >= 4 is 39.2 Å². The van der Waals surface area contributed by atoms with E-state index in [0.29, 0.717) is 11.4 Å². The van der Waals surface area contributed by atoms with Gasteiger partial charge in [0, 0.05) is 21.6 Å². The molecule has 0 radical (unpaired) electrons. The smallest absolute Gasteiger partial charge is 0.255 e. The van der Waals surface area contributed by atoms with Gasteiger partial charge >= 0.3 is 0 Å². The van der Waals surface area contributed by atoms with Gasteiger partial charge in [-0.2, -0.15) is 0 Å². The summed E-state index contributed by atoms with van der Waals surface area (Å²) in [6.07, 6.45) is 5.31. The Balaban J connectivity index is 1.44. The van der Waals surface area contributed by atoms with Gasteiger partial charge in [0.25, 0.3) is 5.91 Å². The molecule has 0 bridgehead atoms. The molecule has 28 heavy (non-hydrogen) atoms. The molecule has 4 rings (SSSR count). The van der Waals surface area contributed by atoms with Gasteiger partial charge in [0.1, 0.15) is 6.33 Å². The summed E-state index contributed by atoms with van der Waals surface area (Å²) in [6.45, 7) is 1.99. The van der Waals surface area contributed by atoms with Crippen molar-refractivity contribution in [3.8, 4) is 5.69 Å². The molecule has 2 aromatic carbocycles. The van der Waals surface area contributed by atoms with Crippen LogP contribution in [0, 0.1) is 12.8 Å². The zero-order valence-electron chi connectivity index (χ0n) is 15.3. The fourth-order valence-electron chi connectivity index (χ4n) is 2.80. The summed E-state index contributed by atoms with van der Waals surface area (Å²) >= 11 is 3.47. The molecule has 0 atom stereocenters. The predicted octanol–water partition coefficient (Wildman–Crippen LogP) is 4.54. The molecule has 1 saturated carbocycles. The SMILES string of the molecule is Cc1ccc(NC(=O)c2ccc(-n3cnc(NC(=O)C4CC4)c3)cc2)c(Br)c1. The first-order valence-corrected chi connectivity index (χ1v) is 9.82. The number of amides is 2. The Morgan fingerprint density at radius 1 is 1.11 bits per heavy atom. The average molecular weight is 439 g/mol. The van der Waals surface area contributed by atoms with E-state index in [-0.39, 0.29) is 17.7 Å². The summed E-state index contributed by atoms with van der Waals surface area (Å²) in [6, 6.07) is 13.0. The number of nitrogens with zero attached hydrogens (tertiary/aromatic N) is 2. The van der Waals surface area contributed by atoms with Gasteiger partial charge in [0.05, 0.1) is 11.9 Å². The van der Waals surface area contributed by atoms with Crippen molar-refractivity contribution in [3.05, 3.63) is 70.6 Å². The second-order valence-electron chi connectivity index (χ2n) is 6.91. The minimum absolute atomic E-state index is 0.0273. The van der Waals surface area contributed by atoms with Crippen LogP contribution in [0.5, 0.6) is 0 Å². The Kier molecular flexibility index (Phi) is 5.00. The number of anilines is 2. The summed E-state index contributed by atoms with van der Waals surface area (Å²) < 4.78 is 2.65. The minimum Gasteiger partial charge on any atom is -0.321 e. The number of aromatic nitrogens is 2. The number of carbonyl (C=O) groups is 2. The lowest BCUT2D eigenvalue weighted by atomic mass is 10.1. The van der Waals surface area contributed by atoms with Gasteiger partial charge < -0.3 is 15.2 Å². The van der Waals surface area contributed by atoms with Gasteiger partial charge in [-0.05, 0) is 77.7 Å². The van der Waals surface area contributed by atoms with Crippen molar-refractivity contribution < 1.29 is 9.59 Å². The lowest BCUT2D eigenvalue weighted by Crippen LogP contribution is -2.13. The minimum atomic E-state index is -0.181. The molecule has 1 aliphatic carbocycles. The third-order valence-electron chi connectivity index (χ3n) is 4.58. The maximum absolute atomic E-state index is 12.5. The van der Waals surface area contributed by atoms with E-state index >= 15 is 0 Å². The van der Waals surface area contributed by atoms with Crippen molar-refractivity contribution in [3.63, 3.8) is 0 Å². The molecule has 0 unspecified atom stereocenters. The highest BCUT2D eigenvalue weighted by atomic mass is 79.9. The monoisotopic (exact) mass is 438 g/mol. The summed E-state index contributed by atoms with van der Waals surface area (Å²) in [5.74, 6) is 0.512. The molecule has 2 amide bonds. The van der Waals surface area contributed by atoms with Gasteiger partial charge in [-0.25, -0.2) is 4.98 Å². The van der Waals surface area contributed by atoms with Crippen LogP contribution in [0.1, 0.15) is 28.8 Å². The van der Waals surface area contributed by atoms with E-state index in [4.69, 9.17) is 0 Å². The quantitative estimate of drug-likeness (QED) is 0.613. The van der Waals surface area contributed by atoms with Crippen LogP contribution in [-0.2, 0) is 4.79 Å². The number of rotatable bonds is 5. The number of halogens is 1. The van der Waals surface area contributed by atoms with Crippen LogP contribution in [0.15, 0.2) is 59.5 Å². The Morgan fingerprint density at radius 3 is 2.54 bits per heavy atom. The molecule has 0 aliphatic heterocycles. The molecule has 6 nitrogen and oxygen atoms in total. The number of hydrogen-bond acceptors (Lipinski definition) is 3. The number of aryl methyl sites for hydroxylation is 1. The van der Waals surface area contributed by atoms with Crippen LogP contribution in [-0.4, -0.2) is 21.4 Å². The Morgan fingerprint density at radius 2 is 1.86 bits per heavy atom. The molecule has 3 aromatic rings. The highest BCUT2D eigenvalue weighted by Crippen LogP contribution is 2.30. The molecule has 7 heteroatoms. The van der Waals surface area contributed by atoms with Crippen LogP contribution >= 0.6 is 15.9 Å². The lowest BCUT2D eigenvalue weighted by Gasteiger charge is -2.09. The Bertz CT molecular complexity index is 1040. The Hall–Kier alpha value is -2.93. The topological polar surface area (TPSA) is 76.0 Å². The van der Waals surface area contributed by atoms with Gasteiger partial charge in [-0.1, -0.05) is 6.07 Å². The van der Waals surface area contributed by atoms with Crippen LogP contribution < -0.4 is 10.6 Å². The molecule has 1 fully saturated rings. The molecule has 1 heterocycles. The molecular weight excluding hydrogens is 420 g/mol. The van der Waals surface area contributed by atoms with Gasteiger partial charge in [0.15, 0.2) is 5.82 Å². The first kappa shape index (κ1) is 18.4. The normalized spacial score (nSPS) is 13.2. The Labute approximate surface area is 171 Å². The van der Waals surface area contributed by atoms with E-state index in [1.54, 1.807) is 29.2 Å². The van der Waals surface area contributed by atoms with Crippen molar-refractivity contribution in [1.82, 2.24) is 9.55 Å². The zero-order chi connectivity index (χ0) is 19.7. The summed E-state index contributed by atoms with van der Waals surface area (Å²) in [4.78, 5) is 28.5. The van der Waals surface area contributed by atoms with Crippen molar-refractivity contribution in [2.75, 3.05) is 10.6 Å². The molecule has 1 aliphatic rings. The van der Waals surface area contributed by atoms with Crippen LogP contribution in [0.25, 0.3) is 5.69 Å². The first-order valence-electron chi connectivity index (χ1n) is 9.02. The van der Waals surface area contributed by atoms with E-state index in [9.17, 15) is 9.59 Å². The number of nitrogens with one attached hydrogen (secondary N) is 2. The van der Waals surface area contributed by atoms with Crippen molar-refractivity contribution in [1.29, 1.82) is 0 Å². The third-order valence-corrected chi connectivity index (χ3v) is 5.24. The zero-order valence-corrected chi connectivity index (χ0v) is 16.9. The first-order chi connectivity index (χ1) is 13.5. The molecule has 142 valence electrons. The summed E-state index contributed by atoms with van der Waals surface area (Å²) in [5, 5.41) is 5.72. The van der Waals surface area contributed by atoms with E-state index in [0.717, 1.165) is 34.3 Å². The van der Waals surface area contributed by atoms with Crippen molar-refractivity contribution in [2.45, 2.75) is 19.8 Å². The van der Waals surface area contributed by atoms with E-state index < -0.39 is 0 Å². The van der Waals surface area contributed by atoms with Crippen molar-refractivity contribution in [2.24, 2.45) is 5.92 Å². The molecule has 0 spiro atoms. The molecule has 2 N–H and O–H groups in total. The van der Waals surface area contributed by atoms with Crippen LogP contribution in [0.4, 0.5) is 11.5 Å². The second-order valence-corrected chi connectivity index (χ2v) is 7.77. The fourth-order valence-corrected chi connectivity index (χ4v) is 3.40. The third kappa shape index (κ3) is 4.14. The number of benzene rings is 2. The number of carbonyl (C=O) groups excluding carboxylic acids is 2. The lowest BCUT2D eigenvalue weighted by molar-refractivity contribution is -0.117. The summed E-state index contributed by atoms with van der Waals surface area (Å²) in [7, 11) is 0. The predicted molar refractivity (Wildman–Crippen MR) is 112 cm³/mol. The summed E-state index contributed by atoms with van der Waals surface area (Å²) in [5.41, 5.74) is 3.25. The maximum atomic E-state index is 12.5. The molecule has 1 aromatic heterocycles. The van der Waals surface area contributed by atoms with Gasteiger partial charge in [-0.3, -0.25) is 9.59 Å². The molecule has 0 saturated heterocycles. The largest absolute Gasteiger partial charge is 0.321 e. The maximum Gasteiger partial charge on any atom is 0.255 e. The number of imidazole rings is 1. The fraction of sp³-hybridized carbons (Fsp3) is 0.190. The average Bonchev–Trinajstić information content (AvgIpc) is 3.44. The standard InChI is InChI=1S/C21H19BrN4O2/c1-13-2-9-18(17(22)10-13)24-20(27)15-5-7-16(8-6-15)26-11-19(23-12-26)25-21(28)14-3-4-14/h2,5-12,14H,3-4H2,1H3,(H,24,27)(H,25,28). The molecular formula is C21H19BrN4O2. The highest BCUT2D eigenvalue weighted by Gasteiger charge is 2.29. The van der Waals surface area contributed by atoms with Gasteiger partial charge in [-0.15, -0.1) is 0 Å². The van der Waals surface area contributed by atoms with Crippen LogP contribution in [0.2, 0.25) is 0 Å². The second kappa shape index (κ2) is 7.59. The van der Waals surface area contributed by atoms with E-state index in [1.165, 1.54) is 0 Å².